The van der Waals surface area contributed by atoms with Crippen LogP contribution in [0.15, 0.2) is 42.6 Å². The highest BCUT2D eigenvalue weighted by Gasteiger charge is 2.15. The Balaban J connectivity index is 1.56. The number of ether oxygens (including phenoxy) is 1. The number of nitrogens with zero attached hydrogens (tertiary/aromatic N) is 1. The maximum Gasteiger partial charge on any atom is 0.258 e. The summed E-state index contributed by atoms with van der Waals surface area (Å²) in [5.74, 6) is 0.209. The Morgan fingerprint density at radius 2 is 2.17 bits per heavy atom. The Bertz CT molecular complexity index is 670. The van der Waals surface area contributed by atoms with Gasteiger partial charge in [0.05, 0.1) is 28.6 Å². The highest BCUT2D eigenvalue weighted by Crippen LogP contribution is 2.18. The minimum atomic E-state index is -0.275. The van der Waals surface area contributed by atoms with Gasteiger partial charge in [0.15, 0.2) is 0 Å². The summed E-state index contributed by atoms with van der Waals surface area (Å²) in [7, 11) is 0. The molecule has 0 saturated carbocycles. The highest BCUT2D eigenvalue weighted by molar-refractivity contribution is 6.34. The first-order valence-corrected chi connectivity index (χ1v) is 7.97. The fourth-order valence-corrected chi connectivity index (χ4v) is 2.66. The molecule has 0 spiro atoms. The molecule has 2 heterocycles. The molecule has 1 saturated heterocycles. The summed E-state index contributed by atoms with van der Waals surface area (Å²) < 4.78 is 5.56. The van der Waals surface area contributed by atoms with Crippen LogP contribution in [0.4, 0.5) is 11.5 Å². The van der Waals surface area contributed by atoms with E-state index in [1.54, 1.807) is 36.5 Å². The first kappa shape index (κ1) is 15.8. The summed E-state index contributed by atoms with van der Waals surface area (Å²) in [6, 6.07) is 10.5. The molecule has 1 atom stereocenters. The van der Waals surface area contributed by atoms with E-state index in [1.807, 2.05) is 6.07 Å². The third kappa shape index (κ3) is 4.21. The van der Waals surface area contributed by atoms with Crippen LogP contribution in [0.5, 0.6) is 0 Å². The van der Waals surface area contributed by atoms with E-state index in [0.29, 0.717) is 16.4 Å². The van der Waals surface area contributed by atoms with Gasteiger partial charge in [-0.3, -0.25) is 4.79 Å². The summed E-state index contributed by atoms with van der Waals surface area (Å²) >= 11 is 6.01. The van der Waals surface area contributed by atoms with Crippen molar-refractivity contribution in [3.8, 4) is 0 Å². The van der Waals surface area contributed by atoms with E-state index in [0.717, 1.165) is 31.7 Å². The molecule has 23 heavy (non-hydrogen) atoms. The lowest BCUT2D eigenvalue weighted by Crippen LogP contribution is -2.18. The molecule has 3 rings (SSSR count). The van der Waals surface area contributed by atoms with Crippen molar-refractivity contribution in [3.05, 3.63) is 53.2 Å². The monoisotopic (exact) mass is 331 g/mol. The van der Waals surface area contributed by atoms with Gasteiger partial charge in [-0.1, -0.05) is 23.7 Å². The fourth-order valence-electron chi connectivity index (χ4n) is 2.44. The number of pyridine rings is 1. The predicted octanol–water partition coefficient (Wildman–Crippen LogP) is 3.58. The molecule has 5 nitrogen and oxygen atoms in total. The number of carbonyl (C=O) groups excluding carboxylic acids is 1. The van der Waals surface area contributed by atoms with Gasteiger partial charge in [0.2, 0.25) is 0 Å². The molecule has 0 bridgehead atoms. The van der Waals surface area contributed by atoms with Crippen LogP contribution >= 0.6 is 11.6 Å². The van der Waals surface area contributed by atoms with Gasteiger partial charge in [-0.2, -0.15) is 0 Å². The average Bonchev–Trinajstić information content (AvgIpc) is 3.08. The van der Waals surface area contributed by atoms with Crippen molar-refractivity contribution >= 4 is 29.0 Å². The second-order valence-corrected chi connectivity index (χ2v) is 5.79. The van der Waals surface area contributed by atoms with E-state index >= 15 is 0 Å². The summed E-state index contributed by atoms with van der Waals surface area (Å²) in [5, 5.41) is 6.44. The zero-order valence-corrected chi connectivity index (χ0v) is 13.3. The molecule has 2 N–H and O–H groups in total. The molecule has 1 aliphatic rings. The second kappa shape index (κ2) is 7.44. The number of rotatable bonds is 5. The Morgan fingerprint density at radius 1 is 1.30 bits per heavy atom. The Labute approximate surface area is 140 Å². The molecule has 0 aliphatic carbocycles. The lowest BCUT2D eigenvalue weighted by Gasteiger charge is -2.12. The molecule has 1 aromatic heterocycles. The average molecular weight is 332 g/mol. The van der Waals surface area contributed by atoms with Crippen LogP contribution < -0.4 is 10.6 Å². The Hall–Kier alpha value is -2.11. The summed E-state index contributed by atoms with van der Waals surface area (Å²) in [5.41, 5.74) is 1.33. The van der Waals surface area contributed by atoms with E-state index in [2.05, 4.69) is 15.6 Å². The van der Waals surface area contributed by atoms with Crippen molar-refractivity contribution in [1.82, 2.24) is 4.98 Å². The van der Waals surface area contributed by atoms with Gasteiger partial charge >= 0.3 is 0 Å². The maximum absolute atomic E-state index is 12.2. The van der Waals surface area contributed by atoms with E-state index in [9.17, 15) is 4.79 Å². The van der Waals surface area contributed by atoms with Gasteiger partial charge in [-0.15, -0.1) is 0 Å². The lowest BCUT2D eigenvalue weighted by molar-refractivity contribution is 0.102. The minimum Gasteiger partial charge on any atom is -0.381 e. The van der Waals surface area contributed by atoms with Crippen LogP contribution in [-0.4, -0.2) is 30.1 Å². The number of aromatic nitrogens is 1. The first-order chi connectivity index (χ1) is 11.2. The van der Waals surface area contributed by atoms with Crippen LogP contribution in [0.2, 0.25) is 5.02 Å². The standard InChI is InChI=1S/C17H18ClN3O2/c18-15-6-2-1-5-14(15)17(22)21-16-8-7-12(10-20-16)19-11-13-4-3-9-23-13/h1-2,5-8,10,13,19H,3-4,9,11H2,(H,20,21,22). The van der Waals surface area contributed by atoms with Gasteiger partial charge in [0, 0.05) is 13.2 Å². The topological polar surface area (TPSA) is 63.2 Å². The predicted molar refractivity (Wildman–Crippen MR) is 91.1 cm³/mol. The van der Waals surface area contributed by atoms with Gasteiger partial charge < -0.3 is 15.4 Å². The smallest absolute Gasteiger partial charge is 0.258 e. The zero-order valence-electron chi connectivity index (χ0n) is 12.6. The largest absolute Gasteiger partial charge is 0.381 e. The van der Waals surface area contributed by atoms with E-state index in [-0.39, 0.29) is 12.0 Å². The normalized spacial score (nSPS) is 17.0. The molecular formula is C17H18ClN3O2. The summed E-state index contributed by atoms with van der Waals surface area (Å²) in [4.78, 5) is 16.4. The van der Waals surface area contributed by atoms with Crippen LogP contribution in [-0.2, 0) is 4.74 Å². The highest BCUT2D eigenvalue weighted by atomic mass is 35.5. The van der Waals surface area contributed by atoms with Crippen LogP contribution in [0, 0.1) is 0 Å². The third-order valence-electron chi connectivity index (χ3n) is 3.68. The van der Waals surface area contributed by atoms with Crippen molar-refractivity contribution in [2.24, 2.45) is 0 Å². The second-order valence-electron chi connectivity index (χ2n) is 5.38. The van der Waals surface area contributed by atoms with Gasteiger partial charge in [-0.05, 0) is 37.1 Å². The number of benzene rings is 1. The minimum absolute atomic E-state index is 0.273. The quantitative estimate of drug-likeness (QED) is 0.879. The maximum atomic E-state index is 12.2. The molecule has 1 fully saturated rings. The molecule has 1 amide bonds. The number of hydrogen-bond acceptors (Lipinski definition) is 4. The number of amides is 1. The van der Waals surface area contributed by atoms with Crippen LogP contribution in [0.25, 0.3) is 0 Å². The molecule has 6 heteroatoms. The third-order valence-corrected chi connectivity index (χ3v) is 4.01. The van der Waals surface area contributed by atoms with E-state index in [4.69, 9.17) is 16.3 Å². The van der Waals surface area contributed by atoms with Crippen molar-refractivity contribution in [2.75, 3.05) is 23.8 Å². The van der Waals surface area contributed by atoms with Crippen LogP contribution in [0.1, 0.15) is 23.2 Å². The van der Waals surface area contributed by atoms with Crippen molar-refractivity contribution in [3.63, 3.8) is 0 Å². The van der Waals surface area contributed by atoms with E-state index < -0.39 is 0 Å². The van der Waals surface area contributed by atoms with Gasteiger partial charge in [0.1, 0.15) is 5.82 Å². The number of hydrogen-bond donors (Lipinski definition) is 2. The van der Waals surface area contributed by atoms with Crippen molar-refractivity contribution in [1.29, 1.82) is 0 Å². The van der Waals surface area contributed by atoms with Crippen LogP contribution in [0.3, 0.4) is 0 Å². The first-order valence-electron chi connectivity index (χ1n) is 7.60. The molecular weight excluding hydrogens is 314 g/mol. The Kier molecular flexibility index (Phi) is 5.10. The molecule has 2 aromatic rings. The summed E-state index contributed by atoms with van der Waals surface area (Å²) in [6.45, 7) is 1.62. The van der Waals surface area contributed by atoms with Gasteiger partial charge in [-0.25, -0.2) is 4.98 Å². The molecule has 120 valence electrons. The van der Waals surface area contributed by atoms with Gasteiger partial charge in [0.25, 0.3) is 5.91 Å². The molecule has 1 aromatic carbocycles. The van der Waals surface area contributed by atoms with Crippen molar-refractivity contribution < 1.29 is 9.53 Å². The number of anilines is 2. The molecule has 0 radical (unpaired) electrons. The number of carbonyl (C=O) groups is 1. The number of halogens is 1. The zero-order chi connectivity index (χ0) is 16.1. The fraction of sp³-hybridized carbons (Fsp3) is 0.294. The van der Waals surface area contributed by atoms with Crippen molar-refractivity contribution in [2.45, 2.75) is 18.9 Å². The number of nitrogens with one attached hydrogen (secondary N) is 2. The molecule has 1 aliphatic heterocycles. The molecule has 1 unspecified atom stereocenters. The summed E-state index contributed by atoms with van der Waals surface area (Å²) in [6.07, 6.45) is 4.18. The SMILES string of the molecule is O=C(Nc1ccc(NCC2CCCO2)cn1)c1ccccc1Cl. The Morgan fingerprint density at radius 3 is 2.87 bits per heavy atom. The lowest BCUT2D eigenvalue weighted by atomic mass is 10.2. The van der Waals surface area contributed by atoms with E-state index in [1.165, 1.54) is 0 Å².